The zero-order valence-corrected chi connectivity index (χ0v) is 15.6. The fourth-order valence-corrected chi connectivity index (χ4v) is 2.89. The molecule has 0 aromatic carbocycles. The highest BCUT2D eigenvalue weighted by Gasteiger charge is 2.33. The van der Waals surface area contributed by atoms with Gasteiger partial charge in [0, 0.05) is 30.5 Å². The van der Waals surface area contributed by atoms with Crippen molar-refractivity contribution in [3.05, 3.63) is 41.5 Å². The van der Waals surface area contributed by atoms with Crippen LogP contribution >= 0.6 is 0 Å². The van der Waals surface area contributed by atoms with Crippen LogP contribution in [-0.2, 0) is 12.6 Å². The fraction of sp³-hybridized carbons (Fsp3) is 0.500. The first-order valence-electron chi connectivity index (χ1n) is 8.63. The quantitative estimate of drug-likeness (QED) is 0.863. The normalized spacial score (nSPS) is 16.9. The second-order valence-corrected chi connectivity index (χ2v) is 7.64. The Balaban J connectivity index is 1.82. The second-order valence-electron chi connectivity index (χ2n) is 7.64. The van der Waals surface area contributed by atoms with Crippen LogP contribution in [0.2, 0.25) is 0 Å². The van der Waals surface area contributed by atoms with E-state index in [1.165, 1.54) is 10.7 Å². The van der Waals surface area contributed by atoms with Gasteiger partial charge in [0.15, 0.2) is 0 Å². The first-order chi connectivity index (χ1) is 12.5. The Morgan fingerprint density at radius 1 is 1.33 bits per heavy atom. The minimum absolute atomic E-state index is 0.198. The monoisotopic (exact) mass is 381 g/mol. The number of fused-ring (bicyclic) bond motifs is 1. The number of aromatic nitrogens is 3. The maximum Gasteiger partial charge on any atom is 0.433 e. The lowest BCUT2D eigenvalue weighted by atomic mass is 10.1. The largest absolute Gasteiger partial charge is 0.433 e. The molecule has 2 amide bonds. The number of carbonyl (C=O) groups is 1. The molecule has 2 heterocycles. The van der Waals surface area contributed by atoms with E-state index in [2.05, 4.69) is 15.4 Å². The molecule has 1 atom stereocenters. The van der Waals surface area contributed by atoms with Crippen LogP contribution in [0, 0.1) is 0 Å². The van der Waals surface area contributed by atoms with Crippen LogP contribution in [-0.4, -0.2) is 38.3 Å². The Morgan fingerprint density at radius 2 is 2.04 bits per heavy atom. The van der Waals surface area contributed by atoms with Crippen molar-refractivity contribution < 1.29 is 18.0 Å². The molecule has 0 fully saturated rings. The summed E-state index contributed by atoms with van der Waals surface area (Å²) in [6, 6.07) is 2.02. The summed E-state index contributed by atoms with van der Waals surface area (Å²) in [7, 11) is 1.73. The van der Waals surface area contributed by atoms with E-state index in [1.54, 1.807) is 18.1 Å². The zero-order valence-electron chi connectivity index (χ0n) is 15.6. The van der Waals surface area contributed by atoms with Crippen molar-refractivity contribution in [1.82, 2.24) is 25.0 Å². The molecule has 0 bridgehead atoms. The molecule has 1 aliphatic carbocycles. The zero-order chi connectivity index (χ0) is 20.0. The summed E-state index contributed by atoms with van der Waals surface area (Å²) in [5, 5.41) is 7.38. The lowest BCUT2D eigenvalue weighted by molar-refractivity contribution is -0.141. The minimum atomic E-state index is -4.51. The molecule has 2 aromatic heterocycles. The minimum Gasteiger partial charge on any atom is -0.331 e. The summed E-state index contributed by atoms with van der Waals surface area (Å²) in [6.07, 6.45) is -0.349. The molecule has 0 radical (unpaired) electrons. The van der Waals surface area contributed by atoms with E-state index in [1.807, 2.05) is 20.8 Å². The van der Waals surface area contributed by atoms with Crippen LogP contribution < -0.4 is 5.32 Å². The van der Waals surface area contributed by atoms with Gasteiger partial charge in [0.25, 0.3) is 0 Å². The van der Waals surface area contributed by atoms with Crippen molar-refractivity contribution in [1.29, 1.82) is 0 Å². The van der Waals surface area contributed by atoms with Gasteiger partial charge in [0.1, 0.15) is 5.69 Å². The number of alkyl halides is 3. The number of halogens is 3. The molecule has 2 aromatic rings. The number of amides is 2. The molecule has 27 heavy (non-hydrogen) atoms. The lowest BCUT2D eigenvalue weighted by Gasteiger charge is -2.33. The van der Waals surface area contributed by atoms with Gasteiger partial charge in [-0.1, -0.05) is 0 Å². The first-order valence-corrected chi connectivity index (χ1v) is 8.63. The Labute approximate surface area is 155 Å². The van der Waals surface area contributed by atoms with Gasteiger partial charge in [-0.05, 0) is 45.7 Å². The number of urea groups is 1. The van der Waals surface area contributed by atoms with Gasteiger partial charge in [-0.2, -0.15) is 18.3 Å². The molecule has 3 rings (SSSR count). The summed E-state index contributed by atoms with van der Waals surface area (Å²) in [6.45, 7) is 5.81. The third-order valence-corrected chi connectivity index (χ3v) is 4.78. The predicted molar refractivity (Wildman–Crippen MR) is 93.5 cm³/mol. The number of rotatable bonds is 2. The van der Waals surface area contributed by atoms with E-state index in [9.17, 15) is 18.0 Å². The molecular formula is C18H22F3N5O. The Hall–Kier alpha value is -2.58. The predicted octanol–water partition coefficient (Wildman–Crippen LogP) is 3.71. The highest BCUT2D eigenvalue weighted by atomic mass is 19.4. The van der Waals surface area contributed by atoms with Gasteiger partial charge < -0.3 is 10.2 Å². The Morgan fingerprint density at radius 3 is 2.67 bits per heavy atom. The van der Waals surface area contributed by atoms with E-state index in [0.717, 1.165) is 23.5 Å². The van der Waals surface area contributed by atoms with Crippen molar-refractivity contribution in [3.8, 4) is 5.69 Å². The van der Waals surface area contributed by atoms with Crippen LogP contribution in [0.4, 0.5) is 18.0 Å². The van der Waals surface area contributed by atoms with E-state index < -0.39 is 11.9 Å². The van der Waals surface area contributed by atoms with Crippen LogP contribution in [0.25, 0.3) is 5.69 Å². The van der Waals surface area contributed by atoms with Gasteiger partial charge >= 0.3 is 12.2 Å². The number of hydrogen-bond donors (Lipinski definition) is 1. The number of aryl methyl sites for hydroxylation is 1. The average Bonchev–Trinajstić information content (AvgIpc) is 3.14. The van der Waals surface area contributed by atoms with Crippen LogP contribution in [0.3, 0.4) is 0 Å². The highest BCUT2D eigenvalue weighted by molar-refractivity contribution is 5.75. The molecule has 1 N–H and O–H groups in total. The van der Waals surface area contributed by atoms with E-state index in [4.69, 9.17) is 0 Å². The van der Waals surface area contributed by atoms with Crippen molar-refractivity contribution in [3.63, 3.8) is 0 Å². The van der Waals surface area contributed by atoms with Gasteiger partial charge in [-0.3, -0.25) is 4.98 Å². The van der Waals surface area contributed by atoms with E-state index in [0.29, 0.717) is 12.8 Å². The molecule has 0 aliphatic heterocycles. The third-order valence-electron chi connectivity index (χ3n) is 4.78. The third kappa shape index (κ3) is 3.91. The van der Waals surface area contributed by atoms with E-state index in [-0.39, 0.29) is 23.3 Å². The fourth-order valence-electron chi connectivity index (χ4n) is 2.89. The van der Waals surface area contributed by atoms with Gasteiger partial charge in [-0.25, -0.2) is 9.48 Å². The summed E-state index contributed by atoms with van der Waals surface area (Å²) in [5.74, 6) is 0. The number of nitrogens with zero attached hydrogens (tertiary/aromatic N) is 4. The Kier molecular flexibility index (Phi) is 4.65. The molecule has 0 unspecified atom stereocenters. The topological polar surface area (TPSA) is 63.1 Å². The maximum absolute atomic E-state index is 12.9. The van der Waals surface area contributed by atoms with Gasteiger partial charge in [-0.15, -0.1) is 0 Å². The van der Waals surface area contributed by atoms with Gasteiger partial charge in [0.05, 0.1) is 17.4 Å². The molecule has 0 spiro atoms. The number of carbonyl (C=O) groups excluding carboxylic acids is 1. The van der Waals surface area contributed by atoms with Crippen LogP contribution in [0.15, 0.2) is 24.5 Å². The summed E-state index contributed by atoms with van der Waals surface area (Å²) in [5.41, 5.74) is 0.608. The average molecular weight is 381 g/mol. The van der Waals surface area contributed by atoms with Crippen LogP contribution in [0.5, 0.6) is 0 Å². The molecule has 6 nitrogen and oxygen atoms in total. The molecule has 1 aliphatic rings. The standard InChI is InChI=1S/C18H22F3N5O/c1-17(2,3)25(4)16(27)23-13-5-6-14-12(13)10-26(24-14)11-7-8-22-15(9-11)18(19,20)21/h7-10,13H,5-6H2,1-4H3,(H,23,27)/t13-/m0/s1. The lowest BCUT2D eigenvalue weighted by Crippen LogP contribution is -2.48. The van der Waals surface area contributed by atoms with E-state index >= 15 is 0 Å². The summed E-state index contributed by atoms with van der Waals surface area (Å²) >= 11 is 0. The molecule has 146 valence electrons. The van der Waals surface area contributed by atoms with Crippen molar-refractivity contribution in [2.24, 2.45) is 0 Å². The molecule has 0 saturated heterocycles. The number of pyridine rings is 1. The molecular weight excluding hydrogens is 359 g/mol. The Bertz CT molecular complexity index is 853. The smallest absolute Gasteiger partial charge is 0.331 e. The van der Waals surface area contributed by atoms with Crippen molar-refractivity contribution in [2.75, 3.05) is 7.05 Å². The number of nitrogens with one attached hydrogen (secondary N) is 1. The number of hydrogen-bond acceptors (Lipinski definition) is 3. The van der Waals surface area contributed by atoms with Crippen molar-refractivity contribution in [2.45, 2.75) is 51.4 Å². The van der Waals surface area contributed by atoms with Gasteiger partial charge in [0.2, 0.25) is 0 Å². The molecule has 0 saturated carbocycles. The SMILES string of the molecule is CN(C(=O)N[C@H]1CCc2nn(-c3ccnc(C(F)(F)F)c3)cc21)C(C)(C)C. The second kappa shape index (κ2) is 6.54. The van der Waals surface area contributed by atoms with Crippen molar-refractivity contribution >= 4 is 6.03 Å². The van der Waals surface area contributed by atoms with Crippen LogP contribution in [0.1, 0.15) is 50.2 Å². The highest BCUT2D eigenvalue weighted by Crippen LogP contribution is 2.32. The summed E-state index contributed by atoms with van der Waals surface area (Å²) in [4.78, 5) is 17.4. The maximum atomic E-state index is 12.9. The summed E-state index contributed by atoms with van der Waals surface area (Å²) < 4.78 is 40.0. The first kappa shape index (κ1) is 19.2. The molecule has 9 heteroatoms.